The third-order valence-electron chi connectivity index (χ3n) is 14.2. The Labute approximate surface area is 376 Å². The Morgan fingerprint density at radius 1 is 0.318 bits per heavy atom. The van der Waals surface area contributed by atoms with Crippen molar-refractivity contribution in [1.29, 1.82) is 0 Å². The van der Waals surface area contributed by atoms with E-state index in [0.717, 1.165) is 93.4 Å². The molecular weight excluding hydrogens is 807 g/mol. The van der Waals surface area contributed by atoms with E-state index in [1.54, 1.807) is 0 Å². The number of hydrogen-bond donors (Lipinski definition) is 0. The van der Waals surface area contributed by atoms with Gasteiger partial charge in [0.15, 0.2) is 0 Å². The van der Waals surface area contributed by atoms with E-state index in [2.05, 4.69) is 203 Å². The van der Waals surface area contributed by atoms with Crippen LogP contribution in [0.2, 0.25) is 0 Å². The van der Waals surface area contributed by atoms with Crippen LogP contribution in [0.5, 0.6) is 0 Å². The summed E-state index contributed by atoms with van der Waals surface area (Å²) in [5.74, 6) is 0. The molecule has 0 radical (unpaired) electrons. The van der Waals surface area contributed by atoms with E-state index < -0.39 is 0 Å². The monoisotopic (exact) mass is 841 g/mol. The summed E-state index contributed by atoms with van der Waals surface area (Å²) < 4.78 is 13.3. The Kier molecular flexibility index (Phi) is 7.03. The van der Waals surface area contributed by atoms with Crippen LogP contribution in [0.3, 0.4) is 0 Å². The molecule has 0 aliphatic heterocycles. The van der Waals surface area contributed by atoms with Crippen molar-refractivity contribution in [2.45, 2.75) is 0 Å². The van der Waals surface area contributed by atoms with Gasteiger partial charge in [-0.05, 0) is 119 Å². The molecule has 15 aromatic rings. The van der Waals surface area contributed by atoms with Crippen LogP contribution in [-0.4, -0.2) is 13.5 Å². The fourth-order valence-corrected chi connectivity index (χ4v) is 11.3. The van der Waals surface area contributed by atoms with Crippen LogP contribution in [0.4, 0.5) is 0 Å². The van der Waals surface area contributed by atoms with Gasteiger partial charge >= 0.3 is 0 Å². The summed E-state index contributed by atoms with van der Waals surface area (Å²) in [7, 11) is 0. The number of hydrogen-bond acceptors (Lipinski definition) is 2. The molecule has 0 N–H and O–H groups in total. The van der Waals surface area contributed by atoms with Crippen LogP contribution in [0.25, 0.3) is 137 Å². The summed E-state index contributed by atoms with van der Waals surface area (Å²) in [5.41, 5.74) is 15.0. The summed E-state index contributed by atoms with van der Waals surface area (Å²) in [6.07, 6.45) is 0. The lowest BCUT2D eigenvalue weighted by molar-refractivity contribution is 0.669. The summed E-state index contributed by atoms with van der Waals surface area (Å²) in [4.78, 5) is 14.1. The van der Waals surface area contributed by atoms with Crippen LogP contribution in [0.15, 0.2) is 222 Å². The molecule has 0 aliphatic rings. The molecule has 0 unspecified atom stereocenters. The minimum Gasteiger partial charge on any atom is -0.456 e. The molecule has 10 aromatic carbocycles. The molecule has 0 aliphatic carbocycles. The van der Waals surface area contributed by atoms with Gasteiger partial charge in [-0.3, -0.25) is 9.20 Å². The molecule has 306 valence electrons. The number of benzene rings is 10. The van der Waals surface area contributed by atoms with Gasteiger partial charge in [-0.15, -0.1) is 0 Å². The van der Waals surface area contributed by atoms with Gasteiger partial charge in [-0.25, -0.2) is 0 Å². The number of para-hydroxylation sites is 4. The topological polar surface area (TPSA) is 44.5 Å². The zero-order valence-electron chi connectivity index (χ0n) is 35.4. The van der Waals surface area contributed by atoms with E-state index in [1.807, 2.05) is 22.6 Å². The van der Waals surface area contributed by atoms with Gasteiger partial charge < -0.3 is 13.6 Å². The first kappa shape index (κ1) is 35.5. The Hall–Kier alpha value is -8.93. The van der Waals surface area contributed by atoms with Crippen molar-refractivity contribution in [2.24, 2.45) is 0 Å². The van der Waals surface area contributed by atoms with Gasteiger partial charge in [-0.2, -0.15) is 0 Å². The molecule has 66 heavy (non-hydrogen) atoms. The van der Waals surface area contributed by atoms with Crippen molar-refractivity contribution in [2.75, 3.05) is 0 Å². The lowest BCUT2D eigenvalue weighted by atomic mass is 9.97. The van der Waals surface area contributed by atoms with Gasteiger partial charge in [0.25, 0.3) is 5.56 Å². The standard InChI is InChI=1S/C61H35N3O2/c65-61-47-17-5-4-14-42(47)45-19-10-20-46-50-34-38(26-30-56(50)64(61)60(45)46)41-18-11-23-58-59(41)51-35-40(27-31-57(51)66-58)63-53-22-9-7-16-44(53)49-33-37(25-29-55(49)63)36-24-28-54-48(32-36)43-15-6-8-21-52(43)62(54)39-12-2-1-3-13-39/h1-35H. The molecule has 15 rings (SSSR count). The number of pyridine rings is 1. The third kappa shape index (κ3) is 4.75. The lowest BCUT2D eigenvalue weighted by Gasteiger charge is -2.10. The normalized spacial score (nSPS) is 12.3. The third-order valence-corrected chi connectivity index (χ3v) is 14.2. The molecule has 5 nitrogen and oxygen atoms in total. The SMILES string of the molecule is O=c1c2ccccc2c2cccc3c4cc(-c5cccc6oc7ccc(-n8c9ccccc9c9cc(-c%10ccc%11c(c%10)c%10ccccc%10n%11-c%10ccccc%10)ccc98)cc7c56)ccc4n1c23. The highest BCUT2D eigenvalue weighted by Crippen LogP contribution is 2.43. The molecule has 5 aromatic heterocycles. The second kappa shape index (κ2) is 13.1. The molecule has 0 bridgehead atoms. The molecule has 5 heteroatoms. The first-order valence-electron chi connectivity index (χ1n) is 22.5. The summed E-state index contributed by atoms with van der Waals surface area (Å²) >= 11 is 0. The van der Waals surface area contributed by atoms with Crippen molar-refractivity contribution in [1.82, 2.24) is 13.5 Å². The Morgan fingerprint density at radius 3 is 1.58 bits per heavy atom. The second-order valence-electron chi connectivity index (χ2n) is 17.6. The average molecular weight is 842 g/mol. The smallest absolute Gasteiger partial charge is 0.263 e. The molecule has 0 saturated carbocycles. The van der Waals surface area contributed by atoms with E-state index in [9.17, 15) is 4.79 Å². The second-order valence-corrected chi connectivity index (χ2v) is 17.6. The molecule has 0 fully saturated rings. The van der Waals surface area contributed by atoms with E-state index in [1.165, 1.54) is 43.7 Å². The molecule has 5 heterocycles. The van der Waals surface area contributed by atoms with Crippen molar-refractivity contribution >= 4 is 104 Å². The Bertz CT molecular complexity index is 4600. The highest BCUT2D eigenvalue weighted by molar-refractivity contribution is 6.22. The van der Waals surface area contributed by atoms with E-state index >= 15 is 0 Å². The Balaban J connectivity index is 0.893. The van der Waals surface area contributed by atoms with Gasteiger partial charge in [0, 0.05) is 65.2 Å². The molecular formula is C61H35N3O2. The fourth-order valence-electron chi connectivity index (χ4n) is 11.3. The van der Waals surface area contributed by atoms with Gasteiger partial charge in [0.2, 0.25) is 0 Å². The van der Waals surface area contributed by atoms with Gasteiger partial charge in [-0.1, -0.05) is 121 Å². The Morgan fingerprint density at radius 2 is 0.848 bits per heavy atom. The van der Waals surface area contributed by atoms with Crippen LogP contribution in [-0.2, 0) is 0 Å². The predicted molar refractivity (Wildman–Crippen MR) is 274 cm³/mol. The quantitative estimate of drug-likeness (QED) is 0.166. The number of furan rings is 1. The maximum Gasteiger partial charge on any atom is 0.263 e. The highest BCUT2D eigenvalue weighted by atomic mass is 16.3. The van der Waals surface area contributed by atoms with Gasteiger partial charge in [0.1, 0.15) is 11.2 Å². The minimum absolute atomic E-state index is 0.0127. The lowest BCUT2D eigenvalue weighted by Crippen LogP contribution is -2.12. The van der Waals surface area contributed by atoms with Crippen molar-refractivity contribution < 1.29 is 4.42 Å². The fraction of sp³-hybridized carbons (Fsp3) is 0. The molecule has 0 atom stereocenters. The van der Waals surface area contributed by atoms with E-state index in [-0.39, 0.29) is 5.56 Å². The summed E-state index contributed by atoms with van der Waals surface area (Å²) in [5, 5.41) is 11.9. The van der Waals surface area contributed by atoms with E-state index in [0.29, 0.717) is 0 Å². The largest absolute Gasteiger partial charge is 0.456 e. The number of nitrogens with zero attached hydrogens (tertiary/aromatic N) is 3. The molecule has 0 spiro atoms. The maximum absolute atomic E-state index is 14.1. The number of rotatable bonds is 4. The molecule has 0 amide bonds. The number of aromatic nitrogens is 3. The first-order chi connectivity index (χ1) is 32.7. The maximum atomic E-state index is 14.1. The van der Waals surface area contributed by atoms with Gasteiger partial charge in [0.05, 0.1) is 33.1 Å². The predicted octanol–water partition coefficient (Wildman–Crippen LogP) is 15.6. The number of fused-ring (bicyclic) bond motifs is 14. The minimum atomic E-state index is 0.0127. The van der Waals surface area contributed by atoms with Crippen LogP contribution in [0.1, 0.15) is 0 Å². The van der Waals surface area contributed by atoms with E-state index in [4.69, 9.17) is 4.42 Å². The zero-order valence-corrected chi connectivity index (χ0v) is 35.4. The highest BCUT2D eigenvalue weighted by Gasteiger charge is 2.21. The van der Waals surface area contributed by atoms with Crippen LogP contribution in [0, 0.1) is 0 Å². The van der Waals surface area contributed by atoms with Crippen molar-refractivity contribution in [3.8, 4) is 33.6 Å². The summed E-state index contributed by atoms with van der Waals surface area (Å²) in [6.45, 7) is 0. The summed E-state index contributed by atoms with van der Waals surface area (Å²) in [6, 6.07) is 75.6. The van der Waals surface area contributed by atoms with Crippen molar-refractivity contribution in [3.63, 3.8) is 0 Å². The molecule has 0 saturated heterocycles. The average Bonchev–Trinajstić information content (AvgIpc) is 4.12. The first-order valence-corrected chi connectivity index (χ1v) is 22.5. The zero-order chi connectivity index (χ0) is 43.2. The van der Waals surface area contributed by atoms with Crippen LogP contribution >= 0.6 is 0 Å². The van der Waals surface area contributed by atoms with Crippen molar-refractivity contribution in [3.05, 3.63) is 223 Å². The van der Waals surface area contributed by atoms with Crippen LogP contribution < -0.4 is 5.56 Å².